The highest BCUT2D eigenvalue weighted by Gasteiger charge is 2.38. The van der Waals surface area contributed by atoms with Crippen LogP contribution in [0.3, 0.4) is 0 Å². The normalized spacial score (nSPS) is 17.4. The summed E-state index contributed by atoms with van der Waals surface area (Å²) >= 11 is 0. The molecule has 0 saturated carbocycles. The fourth-order valence-electron chi connectivity index (χ4n) is 2.66. The number of nitrogens with zero attached hydrogens (tertiary/aromatic N) is 1. The fraction of sp³-hybridized carbons (Fsp3) is 0.556. The summed E-state index contributed by atoms with van der Waals surface area (Å²) in [5.74, 6) is -0.897. The Labute approximate surface area is 147 Å². The molecule has 2 rings (SSSR count). The van der Waals surface area contributed by atoms with Crippen LogP contribution in [-0.2, 0) is 9.53 Å². The number of anilines is 2. The molecule has 2 N–H and O–H groups in total. The molecule has 1 aromatic carbocycles. The lowest BCUT2D eigenvalue weighted by Crippen LogP contribution is -2.47. The molecule has 1 heterocycles. The summed E-state index contributed by atoms with van der Waals surface area (Å²) in [6.07, 6.45) is -0.332. The molecule has 0 unspecified atom stereocenters. The van der Waals surface area contributed by atoms with Crippen LogP contribution in [0.2, 0.25) is 0 Å². The third-order valence-electron chi connectivity index (χ3n) is 3.58. The van der Waals surface area contributed by atoms with Gasteiger partial charge in [0.05, 0.1) is 5.69 Å². The van der Waals surface area contributed by atoms with E-state index in [-0.39, 0.29) is 17.6 Å². The second-order valence-corrected chi connectivity index (χ2v) is 7.41. The molecule has 1 saturated heterocycles. The Balaban J connectivity index is 2.38. The van der Waals surface area contributed by atoms with Crippen molar-refractivity contribution >= 4 is 23.4 Å². The number of hydrogen-bond donors (Lipinski definition) is 2. The molecule has 0 aromatic heterocycles. The third-order valence-corrected chi connectivity index (χ3v) is 3.58. The molecule has 1 aliphatic rings. The van der Waals surface area contributed by atoms with E-state index in [4.69, 9.17) is 4.74 Å². The second-order valence-electron chi connectivity index (χ2n) is 7.41. The Morgan fingerprint density at radius 2 is 2.08 bits per heavy atom. The average Bonchev–Trinajstić information content (AvgIpc) is 2.85. The van der Waals surface area contributed by atoms with Crippen molar-refractivity contribution in [3.05, 3.63) is 24.0 Å². The molecule has 1 atom stereocenters. The van der Waals surface area contributed by atoms with Crippen LogP contribution in [0.5, 0.6) is 0 Å². The number of amides is 2. The van der Waals surface area contributed by atoms with Gasteiger partial charge < -0.3 is 15.4 Å². The second kappa shape index (κ2) is 7.29. The number of benzene rings is 1. The van der Waals surface area contributed by atoms with Crippen molar-refractivity contribution in [2.75, 3.05) is 16.8 Å². The third kappa shape index (κ3) is 4.84. The van der Waals surface area contributed by atoms with Gasteiger partial charge in [-0.05, 0) is 59.2 Å². The molecule has 0 radical (unpaired) electrons. The number of rotatable bonds is 4. The standard InChI is InChI=1S/C18H26FN3O3/c1-11(2)21-12-6-7-14(13(19)10-12)22(15-8-9-20-16(15)23)17(24)25-18(3,4)5/h6-7,10-11,15,21H,8-9H2,1-5H3,(H,20,23)/t15-/m0/s1. The van der Waals surface area contributed by atoms with Crippen molar-refractivity contribution in [3.8, 4) is 0 Å². The maximum absolute atomic E-state index is 14.7. The van der Waals surface area contributed by atoms with E-state index in [2.05, 4.69) is 10.6 Å². The molecule has 1 aliphatic heterocycles. The fourth-order valence-corrected chi connectivity index (χ4v) is 2.66. The minimum absolute atomic E-state index is 0.0330. The summed E-state index contributed by atoms with van der Waals surface area (Å²) in [6.45, 7) is 9.51. The molecule has 1 aromatic rings. The van der Waals surface area contributed by atoms with Crippen molar-refractivity contribution in [3.63, 3.8) is 0 Å². The predicted octanol–water partition coefficient (Wildman–Crippen LogP) is 3.28. The summed E-state index contributed by atoms with van der Waals surface area (Å²) < 4.78 is 20.1. The van der Waals surface area contributed by atoms with E-state index in [1.807, 2.05) is 13.8 Å². The zero-order valence-corrected chi connectivity index (χ0v) is 15.4. The van der Waals surface area contributed by atoms with Gasteiger partial charge in [-0.1, -0.05) is 0 Å². The van der Waals surface area contributed by atoms with Crippen molar-refractivity contribution in [2.24, 2.45) is 0 Å². The number of hydrogen-bond acceptors (Lipinski definition) is 4. The monoisotopic (exact) mass is 351 g/mol. The van der Waals surface area contributed by atoms with E-state index in [9.17, 15) is 14.0 Å². The molecule has 25 heavy (non-hydrogen) atoms. The van der Waals surface area contributed by atoms with Gasteiger partial charge in [0.25, 0.3) is 0 Å². The van der Waals surface area contributed by atoms with Crippen molar-refractivity contribution in [2.45, 2.75) is 58.7 Å². The molecule has 0 bridgehead atoms. The van der Waals surface area contributed by atoms with Gasteiger partial charge in [0.2, 0.25) is 5.91 Å². The maximum Gasteiger partial charge on any atom is 0.415 e. The van der Waals surface area contributed by atoms with Crippen LogP contribution < -0.4 is 15.5 Å². The van der Waals surface area contributed by atoms with E-state index < -0.39 is 23.6 Å². The van der Waals surface area contributed by atoms with Crippen LogP contribution in [0.15, 0.2) is 18.2 Å². The average molecular weight is 351 g/mol. The lowest BCUT2D eigenvalue weighted by molar-refractivity contribution is -0.120. The largest absolute Gasteiger partial charge is 0.443 e. The van der Waals surface area contributed by atoms with Crippen LogP contribution in [0.25, 0.3) is 0 Å². The van der Waals surface area contributed by atoms with Crippen LogP contribution in [-0.4, -0.2) is 36.2 Å². The quantitative estimate of drug-likeness (QED) is 0.873. The Morgan fingerprint density at radius 3 is 2.56 bits per heavy atom. The summed E-state index contributed by atoms with van der Waals surface area (Å²) in [6, 6.07) is 3.86. The first-order valence-corrected chi connectivity index (χ1v) is 8.44. The van der Waals surface area contributed by atoms with Gasteiger partial charge in [-0.2, -0.15) is 0 Å². The van der Waals surface area contributed by atoms with Gasteiger partial charge in [-0.25, -0.2) is 9.18 Å². The molecule has 2 amide bonds. The van der Waals surface area contributed by atoms with Crippen LogP contribution in [0, 0.1) is 5.82 Å². The van der Waals surface area contributed by atoms with Crippen molar-refractivity contribution in [1.29, 1.82) is 0 Å². The summed E-state index contributed by atoms with van der Waals surface area (Å²) in [4.78, 5) is 25.8. The smallest absolute Gasteiger partial charge is 0.415 e. The van der Waals surface area contributed by atoms with Gasteiger partial charge in [0, 0.05) is 18.3 Å². The highest BCUT2D eigenvalue weighted by molar-refractivity contribution is 5.98. The molecular weight excluding hydrogens is 325 g/mol. The number of carbonyl (C=O) groups excluding carboxylic acids is 2. The number of ether oxygens (including phenoxy) is 1. The van der Waals surface area contributed by atoms with E-state index in [0.29, 0.717) is 18.7 Å². The van der Waals surface area contributed by atoms with Crippen LogP contribution in [0.1, 0.15) is 41.0 Å². The Hall–Kier alpha value is -2.31. The van der Waals surface area contributed by atoms with Gasteiger partial charge in [0.1, 0.15) is 17.5 Å². The predicted molar refractivity (Wildman–Crippen MR) is 95.3 cm³/mol. The maximum atomic E-state index is 14.7. The minimum atomic E-state index is -0.784. The molecular formula is C18H26FN3O3. The number of carbonyl (C=O) groups is 2. The van der Waals surface area contributed by atoms with Gasteiger partial charge in [0.15, 0.2) is 0 Å². The first kappa shape index (κ1) is 19.0. The zero-order chi connectivity index (χ0) is 18.8. The van der Waals surface area contributed by atoms with E-state index in [1.165, 1.54) is 12.1 Å². The minimum Gasteiger partial charge on any atom is -0.443 e. The summed E-state index contributed by atoms with van der Waals surface area (Å²) in [7, 11) is 0. The van der Waals surface area contributed by atoms with Crippen molar-refractivity contribution in [1.82, 2.24) is 5.32 Å². The summed E-state index contributed by atoms with van der Waals surface area (Å²) in [5, 5.41) is 5.77. The van der Waals surface area contributed by atoms with E-state index in [1.54, 1.807) is 26.8 Å². The SMILES string of the molecule is CC(C)Nc1ccc(N(C(=O)OC(C)(C)C)[C@H]2CCNC2=O)c(F)c1. The first-order chi connectivity index (χ1) is 11.6. The molecule has 138 valence electrons. The van der Waals surface area contributed by atoms with Gasteiger partial charge in [-0.3, -0.25) is 9.69 Å². The highest BCUT2D eigenvalue weighted by Crippen LogP contribution is 2.29. The molecule has 0 spiro atoms. The number of nitrogens with one attached hydrogen (secondary N) is 2. The lowest BCUT2D eigenvalue weighted by Gasteiger charge is -2.30. The molecule has 6 nitrogen and oxygen atoms in total. The van der Waals surface area contributed by atoms with Crippen LogP contribution >= 0.6 is 0 Å². The number of halogens is 1. The Bertz CT molecular complexity index is 655. The van der Waals surface area contributed by atoms with Crippen molar-refractivity contribution < 1.29 is 18.7 Å². The lowest BCUT2D eigenvalue weighted by atomic mass is 10.1. The summed E-state index contributed by atoms with van der Waals surface area (Å²) in [5.41, 5.74) is -0.109. The topological polar surface area (TPSA) is 70.7 Å². The first-order valence-electron chi connectivity index (χ1n) is 8.44. The Kier molecular flexibility index (Phi) is 5.55. The Morgan fingerprint density at radius 1 is 1.40 bits per heavy atom. The molecule has 1 fully saturated rings. The van der Waals surface area contributed by atoms with E-state index >= 15 is 0 Å². The van der Waals surface area contributed by atoms with Crippen LogP contribution in [0.4, 0.5) is 20.6 Å². The van der Waals surface area contributed by atoms with Gasteiger partial charge in [-0.15, -0.1) is 0 Å². The van der Waals surface area contributed by atoms with E-state index in [0.717, 1.165) is 4.90 Å². The zero-order valence-electron chi connectivity index (χ0n) is 15.4. The van der Waals surface area contributed by atoms with Gasteiger partial charge >= 0.3 is 6.09 Å². The molecule has 0 aliphatic carbocycles. The molecule has 7 heteroatoms. The highest BCUT2D eigenvalue weighted by atomic mass is 19.1.